The molecule has 7 nitrogen and oxygen atoms in total. The average Bonchev–Trinajstić information content (AvgIpc) is 3.31. The molecule has 0 aliphatic carbocycles. The summed E-state index contributed by atoms with van der Waals surface area (Å²) in [5.41, 5.74) is 8.13. The first-order valence-corrected chi connectivity index (χ1v) is 9.88. The van der Waals surface area contributed by atoms with Crippen molar-refractivity contribution in [3.8, 4) is 0 Å². The molecular formula is C21H29Cl2N5O2. The smallest absolute Gasteiger partial charge is 0.239 e. The summed E-state index contributed by atoms with van der Waals surface area (Å²) in [6.07, 6.45) is 6.05. The lowest BCUT2D eigenvalue weighted by atomic mass is 9.77. The van der Waals surface area contributed by atoms with Gasteiger partial charge in [-0.15, -0.1) is 24.8 Å². The van der Waals surface area contributed by atoms with Gasteiger partial charge in [-0.1, -0.05) is 30.3 Å². The van der Waals surface area contributed by atoms with Crippen molar-refractivity contribution in [2.75, 3.05) is 19.6 Å². The van der Waals surface area contributed by atoms with Crippen molar-refractivity contribution >= 4 is 36.6 Å². The van der Waals surface area contributed by atoms with E-state index in [4.69, 9.17) is 5.73 Å². The molecule has 2 aliphatic heterocycles. The number of H-pyrrole nitrogens is 1. The molecule has 4 rings (SSSR count). The molecule has 3 N–H and O–H groups in total. The van der Waals surface area contributed by atoms with Crippen LogP contribution in [0.1, 0.15) is 30.5 Å². The second-order valence-electron chi connectivity index (χ2n) is 8.12. The van der Waals surface area contributed by atoms with E-state index in [-0.39, 0.29) is 42.0 Å². The van der Waals surface area contributed by atoms with E-state index in [1.807, 2.05) is 28.0 Å². The molecule has 3 heterocycles. The summed E-state index contributed by atoms with van der Waals surface area (Å²) in [6.45, 7) is 2.78. The Hall–Kier alpha value is -2.09. The molecule has 1 spiro atoms. The Morgan fingerprint density at radius 2 is 1.90 bits per heavy atom. The van der Waals surface area contributed by atoms with Crippen LogP contribution in [0.15, 0.2) is 42.9 Å². The quantitative estimate of drug-likeness (QED) is 0.724. The number of carbonyl (C=O) groups is 2. The summed E-state index contributed by atoms with van der Waals surface area (Å²) in [5, 5.41) is 0. The Morgan fingerprint density at radius 1 is 1.20 bits per heavy atom. The Kier molecular flexibility index (Phi) is 8.29. The molecule has 1 aromatic carbocycles. The highest BCUT2D eigenvalue weighted by molar-refractivity contribution is 5.85. The van der Waals surface area contributed by atoms with Crippen molar-refractivity contribution in [3.63, 3.8) is 0 Å². The number of aromatic nitrogens is 2. The summed E-state index contributed by atoms with van der Waals surface area (Å²) in [5.74, 6) is 0.203. The zero-order valence-corrected chi connectivity index (χ0v) is 18.5. The van der Waals surface area contributed by atoms with Gasteiger partial charge in [-0.25, -0.2) is 4.98 Å². The lowest BCUT2D eigenvalue weighted by molar-refractivity contribution is -0.134. The number of nitrogens with one attached hydrogen (secondary N) is 1. The molecule has 9 heteroatoms. The summed E-state index contributed by atoms with van der Waals surface area (Å²) < 4.78 is 0. The van der Waals surface area contributed by atoms with Crippen LogP contribution in [0.5, 0.6) is 0 Å². The fourth-order valence-corrected chi connectivity index (χ4v) is 4.42. The van der Waals surface area contributed by atoms with Gasteiger partial charge in [-0.2, -0.15) is 0 Å². The number of halogens is 2. The van der Waals surface area contributed by atoms with Gasteiger partial charge in [0.15, 0.2) is 0 Å². The maximum Gasteiger partial charge on any atom is 0.239 e. The predicted octanol–water partition coefficient (Wildman–Crippen LogP) is 2.16. The average molecular weight is 454 g/mol. The SMILES string of the molecule is Cl.Cl.N[C@@H](Cc1cnc[nH]1)C(=O)N1CCC2(CC1)CC(=O)N(Cc1ccccc1)C2. The minimum absolute atomic E-state index is 0. The number of hydrogen-bond acceptors (Lipinski definition) is 4. The maximum atomic E-state index is 12.7. The summed E-state index contributed by atoms with van der Waals surface area (Å²) in [6, 6.07) is 9.54. The highest BCUT2D eigenvalue weighted by atomic mass is 35.5. The monoisotopic (exact) mass is 453 g/mol. The van der Waals surface area contributed by atoms with E-state index >= 15 is 0 Å². The van der Waals surface area contributed by atoms with E-state index in [2.05, 4.69) is 22.1 Å². The molecule has 164 valence electrons. The lowest BCUT2D eigenvalue weighted by Crippen LogP contribution is -2.50. The van der Waals surface area contributed by atoms with Crippen LogP contribution >= 0.6 is 24.8 Å². The Labute approximate surface area is 189 Å². The van der Waals surface area contributed by atoms with Gasteiger partial charge in [0.2, 0.25) is 11.8 Å². The predicted molar refractivity (Wildman–Crippen MR) is 119 cm³/mol. The number of hydrogen-bond donors (Lipinski definition) is 2. The molecular weight excluding hydrogens is 425 g/mol. The molecule has 2 amide bonds. The zero-order valence-electron chi connectivity index (χ0n) is 16.8. The number of nitrogens with two attached hydrogens (primary N) is 1. The molecule has 30 heavy (non-hydrogen) atoms. The van der Waals surface area contributed by atoms with Crippen LogP contribution < -0.4 is 5.73 Å². The van der Waals surface area contributed by atoms with Crippen LogP contribution in [0.4, 0.5) is 0 Å². The standard InChI is InChI=1S/C21H27N5O2.2ClH/c22-18(10-17-12-23-15-24-17)20(28)25-8-6-21(7-9-25)11-19(27)26(14-21)13-16-4-2-1-3-5-16;;/h1-5,12,15,18H,6-11,13-14,22H2,(H,23,24);2*1H/t18-;;/m0../s1. The van der Waals surface area contributed by atoms with Crippen molar-refractivity contribution in [1.29, 1.82) is 0 Å². The van der Waals surface area contributed by atoms with Crippen molar-refractivity contribution in [2.45, 2.75) is 38.3 Å². The first-order chi connectivity index (χ1) is 13.5. The van der Waals surface area contributed by atoms with E-state index in [1.54, 1.807) is 12.5 Å². The maximum absolute atomic E-state index is 12.7. The first-order valence-electron chi connectivity index (χ1n) is 9.88. The van der Waals surface area contributed by atoms with Gasteiger partial charge in [0.25, 0.3) is 0 Å². The van der Waals surface area contributed by atoms with Gasteiger partial charge < -0.3 is 20.5 Å². The molecule has 2 aliphatic rings. The van der Waals surface area contributed by atoms with Crippen LogP contribution in [-0.2, 0) is 22.6 Å². The van der Waals surface area contributed by atoms with Gasteiger partial charge >= 0.3 is 0 Å². The van der Waals surface area contributed by atoms with Gasteiger partial charge in [0.05, 0.1) is 12.4 Å². The van der Waals surface area contributed by atoms with Crippen molar-refractivity contribution in [3.05, 3.63) is 54.1 Å². The number of carbonyl (C=O) groups excluding carboxylic acids is 2. The van der Waals surface area contributed by atoms with E-state index in [9.17, 15) is 9.59 Å². The molecule has 0 unspecified atom stereocenters. The number of benzene rings is 1. The number of aromatic amines is 1. The van der Waals surface area contributed by atoms with Crippen molar-refractivity contribution < 1.29 is 9.59 Å². The zero-order chi connectivity index (χ0) is 19.6. The fourth-order valence-electron chi connectivity index (χ4n) is 4.42. The topological polar surface area (TPSA) is 95.3 Å². The molecule has 2 aromatic rings. The molecule has 2 fully saturated rings. The van der Waals surface area contributed by atoms with Gasteiger partial charge in [0.1, 0.15) is 0 Å². The summed E-state index contributed by atoms with van der Waals surface area (Å²) in [7, 11) is 0. The molecule has 1 atom stereocenters. The minimum Gasteiger partial charge on any atom is -0.348 e. The normalized spacial score (nSPS) is 18.6. The number of piperidine rings is 1. The van der Waals surface area contributed by atoms with Gasteiger partial charge in [-0.3, -0.25) is 9.59 Å². The third-order valence-electron chi connectivity index (χ3n) is 6.07. The highest BCUT2D eigenvalue weighted by Crippen LogP contribution is 2.41. The van der Waals surface area contributed by atoms with Crippen LogP contribution in [0.3, 0.4) is 0 Å². The van der Waals surface area contributed by atoms with Crippen molar-refractivity contribution in [2.24, 2.45) is 11.1 Å². The number of rotatable bonds is 5. The van der Waals surface area contributed by atoms with E-state index in [0.29, 0.717) is 32.5 Å². The Balaban J connectivity index is 0.00000160. The largest absolute Gasteiger partial charge is 0.348 e. The van der Waals surface area contributed by atoms with Crippen LogP contribution in [-0.4, -0.2) is 57.3 Å². The van der Waals surface area contributed by atoms with E-state index in [1.165, 1.54) is 0 Å². The lowest BCUT2D eigenvalue weighted by Gasteiger charge is -2.39. The number of likely N-dealkylation sites (tertiary alicyclic amines) is 2. The van der Waals surface area contributed by atoms with E-state index in [0.717, 1.165) is 30.6 Å². The van der Waals surface area contributed by atoms with Crippen molar-refractivity contribution in [1.82, 2.24) is 19.8 Å². The minimum atomic E-state index is -0.561. The highest BCUT2D eigenvalue weighted by Gasteiger charge is 2.45. The molecule has 0 saturated carbocycles. The fraction of sp³-hybridized carbons (Fsp3) is 0.476. The molecule has 0 bridgehead atoms. The Bertz CT molecular complexity index is 823. The van der Waals surface area contributed by atoms with Gasteiger partial charge in [-0.05, 0) is 18.4 Å². The van der Waals surface area contributed by atoms with Crippen LogP contribution in [0.25, 0.3) is 0 Å². The third kappa shape index (κ3) is 5.33. The molecule has 2 saturated heterocycles. The van der Waals surface area contributed by atoms with Crippen LogP contribution in [0, 0.1) is 5.41 Å². The second-order valence-corrected chi connectivity index (χ2v) is 8.12. The summed E-state index contributed by atoms with van der Waals surface area (Å²) >= 11 is 0. The van der Waals surface area contributed by atoms with Gasteiger partial charge in [0, 0.05) is 56.3 Å². The number of imidazole rings is 1. The van der Waals surface area contributed by atoms with E-state index < -0.39 is 6.04 Å². The molecule has 0 radical (unpaired) electrons. The first kappa shape index (κ1) is 24.2. The van der Waals surface area contributed by atoms with Crippen LogP contribution in [0.2, 0.25) is 0 Å². The summed E-state index contributed by atoms with van der Waals surface area (Å²) in [4.78, 5) is 36.0. The Morgan fingerprint density at radius 3 is 2.53 bits per heavy atom. The molecule has 1 aromatic heterocycles. The number of nitrogens with zero attached hydrogens (tertiary/aromatic N) is 3. The number of amides is 2. The second kappa shape index (κ2) is 10.3. The third-order valence-corrected chi connectivity index (χ3v) is 6.07.